The Labute approximate surface area is 159 Å². The number of carbonyl (C=O) groups excluding carboxylic acids is 1. The van der Waals surface area contributed by atoms with Crippen LogP contribution in [0.3, 0.4) is 0 Å². The summed E-state index contributed by atoms with van der Waals surface area (Å²) in [5, 5.41) is 5.83. The van der Waals surface area contributed by atoms with Gasteiger partial charge in [0.1, 0.15) is 11.9 Å². The van der Waals surface area contributed by atoms with E-state index in [1.54, 1.807) is 6.07 Å². The first-order valence-corrected chi connectivity index (χ1v) is 10.4. The fourth-order valence-electron chi connectivity index (χ4n) is 2.93. The zero-order valence-corrected chi connectivity index (χ0v) is 16.1. The van der Waals surface area contributed by atoms with Gasteiger partial charge in [0.2, 0.25) is 10.0 Å². The van der Waals surface area contributed by atoms with Gasteiger partial charge in [0.25, 0.3) is 5.91 Å². The minimum absolute atomic E-state index is 0.103. The summed E-state index contributed by atoms with van der Waals surface area (Å²) in [5.41, 5.74) is 0.311. The molecule has 2 fully saturated rings. The molecule has 150 valence electrons. The normalized spacial score (nSPS) is 21.6. The van der Waals surface area contributed by atoms with Crippen molar-refractivity contribution in [2.75, 3.05) is 57.9 Å². The molecule has 0 unspecified atom stereocenters. The van der Waals surface area contributed by atoms with Crippen molar-refractivity contribution in [2.45, 2.75) is 17.9 Å². The molecule has 3 rings (SSSR count). The molecule has 1 amide bonds. The maximum atomic E-state index is 12.9. The summed E-state index contributed by atoms with van der Waals surface area (Å²) < 4.78 is 43.3. The van der Waals surface area contributed by atoms with Gasteiger partial charge in [-0.15, -0.1) is 0 Å². The lowest BCUT2D eigenvalue weighted by Gasteiger charge is -2.26. The molecule has 0 aliphatic carbocycles. The maximum Gasteiger partial charge on any atom is 0.254 e. The summed E-state index contributed by atoms with van der Waals surface area (Å²) in [4.78, 5) is 12.6. The van der Waals surface area contributed by atoms with Crippen LogP contribution in [0.1, 0.15) is 6.92 Å². The first kappa shape index (κ1) is 20.0. The number of nitrogens with zero attached hydrogens (tertiary/aromatic N) is 1. The molecule has 9 nitrogen and oxygen atoms in total. The van der Waals surface area contributed by atoms with Crippen molar-refractivity contribution in [3.8, 4) is 5.75 Å². The Kier molecular flexibility index (Phi) is 6.66. The molecule has 2 heterocycles. The van der Waals surface area contributed by atoms with E-state index in [0.29, 0.717) is 64.0 Å². The highest BCUT2D eigenvalue weighted by Crippen LogP contribution is 2.30. The number of ether oxygens (including phenoxy) is 3. The Morgan fingerprint density at radius 3 is 2.78 bits per heavy atom. The first-order valence-electron chi connectivity index (χ1n) is 9.00. The van der Waals surface area contributed by atoms with Crippen LogP contribution in [0.2, 0.25) is 0 Å². The number of sulfonamides is 1. The Balaban J connectivity index is 1.84. The molecule has 27 heavy (non-hydrogen) atoms. The highest BCUT2D eigenvalue weighted by atomic mass is 32.2. The summed E-state index contributed by atoms with van der Waals surface area (Å²) in [6.07, 6.45) is -0.632. The molecule has 2 N–H and O–H groups in total. The average molecular weight is 399 g/mol. The van der Waals surface area contributed by atoms with E-state index in [1.807, 2.05) is 6.92 Å². The van der Waals surface area contributed by atoms with Gasteiger partial charge in [-0.3, -0.25) is 4.79 Å². The van der Waals surface area contributed by atoms with Crippen LogP contribution < -0.4 is 15.4 Å². The zero-order valence-electron chi connectivity index (χ0n) is 15.3. The van der Waals surface area contributed by atoms with Crippen LogP contribution in [0.15, 0.2) is 23.1 Å². The zero-order chi connectivity index (χ0) is 19.3. The van der Waals surface area contributed by atoms with Crippen LogP contribution in [-0.2, 0) is 24.3 Å². The van der Waals surface area contributed by atoms with Crippen molar-refractivity contribution in [1.82, 2.24) is 9.62 Å². The monoisotopic (exact) mass is 399 g/mol. The van der Waals surface area contributed by atoms with Crippen LogP contribution >= 0.6 is 0 Å². The Bertz CT molecular complexity index is 758. The van der Waals surface area contributed by atoms with E-state index in [-0.39, 0.29) is 10.8 Å². The molecule has 0 spiro atoms. The van der Waals surface area contributed by atoms with E-state index >= 15 is 0 Å². The van der Waals surface area contributed by atoms with Crippen LogP contribution in [0.4, 0.5) is 5.69 Å². The maximum absolute atomic E-state index is 12.9. The molecule has 1 aromatic carbocycles. The van der Waals surface area contributed by atoms with E-state index in [0.717, 1.165) is 0 Å². The lowest BCUT2D eigenvalue weighted by atomic mass is 10.2. The summed E-state index contributed by atoms with van der Waals surface area (Å²) in [5.74, 6) is 0.0691. The Hall–Kier alpha value is -1.72. The highest BCUT2D eigenvalue weighted by Gasteiger charge is 2.28. The molecule has 0 radical (unpaired) electrons. The van der Waals surface area contributed by atoms with Crippen molar-refractivity contribution in [1.29, 1.82) is 0 Å². The third kappa shape index (κ3) is 4.77. The van der Waals surface area contributed by atoms with E-state index in [1.165, 1.54) is 16.4 Å². The van der Waals surface area contributed by atoms with Crippen molar-refractivity contribution < 1.29 is 27.4 Å². The minimum Gasteiger partial charge on any atom is -0.492 e. The molecular weight excluding hydrogens is 374 g/mol. The lowest BCUT2D eigenvalue weighted by Crippen LogP contribution is -2.45. The third-order valence-electron chi connectivity index (χ3n) is 4.34. The molecule has 0 aromatic heterocycles. The number of anilines is 1. The van der Waals surface area contributed by atoms with Gasteiger partial charge in [-0.05, 0) is 25.1 Å². The predicted molar refractivity (Wildman–Crippen MR) is 98.4 cm³/mol. The minimum atomic E-state index is -3.67. The number of nitrogens with one attached hydrogen (secondary N) is 2. The lowest BCUT2D eigenvalue weighted by molar-refractivity contribution is -0.128. The number of hydrogen-bond donors (Lipinski definition) is 2. The van der Waals surface area contributed by atoms with Gasteiger partial charge in [-0.2, -0.15) is 4.31 Å². The van der Waals surface area contributed by atoms with E-state index in [9.17, 15) is 13.2 Å². The van der Waals surface area contributed by atoms with Gasteiger partial charge in [-0.1, -0.05) is 0 Å². The molecule has 2 saturated heterocycles. The second-order valence-electron chi connectivity index (χ2n) is 6.16. The third-order valence-corrected chi connectivity index (χ3v) is 6.23. The number of rotatable bonds is 6. The smallest absolute Gasteiger partial charge is 0.254 e. The molecular formula is C17H25N3O6S. The number of amides is 1. The molecule has 10 heteroatoms. The largest absolute Gasteiger partial charge is 0.492 e. The number of hydrogen-bond acceptors (Lipinski definition) is 7. The van der Waals surface area contributed by atoms with Crippen molar-refractivity contribution in [3.63, 3.8) is 0 Å². The van der Waals surface area contributed by atoms with Gasteiger partial charge in [0.15, 0.2) is 0 Å². The van der Waals surface area contributed by atoms with Gasteiger partial charge in [-0.25, -0.2) is 8.42 Å². The van der Waals surface area contributed by atoms with Gasteiger partial charge < -0.3 is 24.8 Å². The Morgan fingerprint density at radius 1 is 1.33 bits per heavy atom. The van der Waals surface area contributed by atoms with Crippen molar-refractivity contribution >= 4 is 21.6 Å². The van der Waals surface area contributed by atoms with E-state index < -0.39 is 16.1 Å². The van der Waals surface area contributed by atoms with Crippen LogP contribution in [0, 0.1) is 0 Å². The van der Waals surface area contributed by atoms with E-state index in [2.05, 4.69) is 10.6 Å². The Morgan fingerprint density at radius 2 is 2.11 bits per heavy atom. The molecule has 0 bridgehead atoms. The number of morpholine rings is 2. The molecule has 2 aliphatic rings. The predicted octanol–water partition coefficient (Wildman–Crippen LogP) is 0.0331. The second-order valence-corrected chi connectivity index (χ2v) is 8.10. The van der Waals surface area contributed by atoms with Gasteiger partial charge >= 0.3 is 0 Å². The van der Waals surface area contributed by atoms with Gasteiger partial charge in [0, 0.05) is 26.2 Å². The summed E-state index contributed by atoms with van der Waals surface area (Å²) in [6, 6.07) is 4.49. The first-order chi connectivity index (χ1) is 13.0. The second kappa shape index (κ2) is 8.98. The molecule has 2 aliphatic heterocycles. The molecule has 0 saturated carbocycles. The van der Waals surface area contributed by atoms with Crippen LogP contribution in [0.5, 0.6) is 5.75 Å². The summed E-state index contributed by atoms with van der Waals surface area (Å²) in [7, 11) is -3.67. The fraction of sp³-hybridized carbons (Fsp3) is 0.588. The quantitative estimate of drug-likeness (QED) is 0.695. The molecule has 1 aromatic rings. The van der Waals surface area contributed by atoms with Crippen molar-refractivity contribution in [2.24, 2.45) is 0 Å². The van der Waals surface area contributed by atoms with Crippen molar-refractivity contribution in [3.05, 3.63) is 18.2 Å². The van der Waals surface area contributed by atoms with E-state index in [4.69, 9.17) is 14.2 Å². The summed E-state index contributed by atoms with van der Waals surface area (Å²) >= 11 is 0. The molecule has 1 atom stereocenters. The van der Waals surface area contributed by atoms with Crippen LogP contribution in [0.25, 0.3) is 0 Å². The van der Waals surface area contributed by atoms with Gasteiger partial charge in [0.05, 0.1) is 37.0 Å². The topological polar surface area (TPSA) is 106 Å². The average Bonchev–Trinajstić information content (AvgIpc) is 2.70. The highest BCUT2D eigenvalue weighted by molar-refractivity contribution is 7.89. The SMILES string of the molecule is CCOc1ccc(S(=O)(=O)N2CCOCC2)cc1NC(=O)[C@H]1CNCCO1. The fourth-order valence-corrected chi connectivity index (χ4v) is 4.37. The van der Waals surface area contributed by atoms with Crippen LogP contribution in [-0.4, -0.2) is 77.3 Å². The standard InChI is InChI=1S/C17H25N3O6S/c1-2-25-15-4-3-13(27(22,23)20-6-9-24-10-7-20)11-14(15)19-17(21)16-12-18-5-8-26-16/h3-4,11,16,18H,2,5-10,12H2,1H3,(H,19,21)/t16-/m1/s1. The number of carbonyl (C=O) groups is 1. The number of benzene rings is 1. The summed E-state index contributed by atoms with van der Waals surface area (Å²) in [6.45, 7) is 5.10.